The molecule has 0 aromatic carbocycles. The number of anilines is 1. The van der Waals surface area contributed by atoms with Gasteiger partial charge >= 0.3 is 0 Å². The number of nitrogen functional groups attached to an aromatic ring is 1. The van der Waals surface area contributed by atoms with Gasteiger partial charge in [0, 0.05) is 31.7 Å². The number of pyridine rings is 1. The first-order chi connectivity index (χ1) is 8.72. The Bertz CT molecular complexity index is 403. The van der Waals surface area contributed by atoms with E-state index in [0.717, 1.165) is 30.0 Å². The van der Waals surface area contributed by atoms with Gasteiger partial charge in [-0.15, -0.1) is 0 Å². The Hall–Kier alpha value is -1.13. The van der Waals surface area contributed by atoms with Crippen molar-refractivity contribution in [2.24, 2.45) is 0 Å². The summed E-state index contributed by atoms with van der Waals surface area (Å²) in [7, 11) is 2.29. The summed E-state index contributed by atoms with van der Waals surface area (Å²) < 4.78 is 0. The minimum atomic E-state index is 0.742. The van der Waals surface area contributed by atoms with E-state index in [4.69, 9.17) is 5.73 Å². The van der Waals surface area contributed by atoms with Crippen molar-refractivity contribution in [1.29, 1.82) is 0 Å². The van der Waals surface area contributed by atoms with Crippen molar-refractivity contribution >= 4 is 5.69 Å². The van der Waals surface area contributed by atoms with Crippen molar-refractivity contribution in [3.8, 4) is 0 Å². The first-order valence-electron chi connectivity index (χ1n) is 6.87. The fourth-order valence-corrected chi connectivity index (χ4v) is 3.28. The van der Waals surface area contributed by atoms with Gasteiger partial charge in [-0.25, -0.2) is 0 Å². The lowest BCUT2D eigenvalue weighted by Crippen LogP contribution is -2.36. The standard InChI is InChI=1S/C14H22N4/c1-17-13-4-5-14(17)10-18(7-6-13)9-12-3-2-11(15)8-16-12/h2-3,8,13-14H,4-7,9-10,15H2,1H3. The average molecular weight is 246 g/mol. The molecule has 2 bridgehead atoms. The second-order valence-corrected chi connectivity index (χ2v) is 5.66. The highest BCUT2D eigenvalue weighted by atomic mass is 15.3. The third-order valence-electron chi connectivity index (χ3n) is 4.47. The molecule has 2 aliphatic heterocycles. The van der Waals surface area contributed by atoms with Crippen LogP contribution in [-0.2, 0) is 6.54 Å². The lowest BCUT2D eigenvalue weighted by Gasteiger charge is -2.25. The highest BCUT2D eigenvalue weighted by Gasteiger charge is 2.34. The van der Waals surface area contributed by atoms with Crippen LogP contribution in [0, 0.1) is 0 Å². The molecule has 2 unspecified atom stereocenters. The van der Waals surface area contributed by atoms with E-state index in [1.807, 2.05) is 12.1 Å². The van der Waals surface area contributed by atoms with E-state index in [2.05, 4.69) is 21.8 Å². The summed E-state index contributed by atoms with van der Waals surface area (Å²) in [6.07, 6.45) is 5.79. The van der Waals surface area contributed by atoms with Crippen LogP contribution in [-0.4, -0.2) is 47.0 Å². The van der Waals surface area contributed by atoms with Crippen LogP contribution < -0.4 is 5.73 Å². The highest BCUT2D eigenvalue weighted by molar-refractivity contribution is 5.34. The van der Waals surface area contributed by atoms with Crippen molar-refractivity contribution in [3.05, 3.63) is 24.0 Å². The van der Waals surface area contributed by atoms with E-state index in [1.54, 1.807) is 6.20 Å². The smallest absolute Gasteiger partial charge is 0.0545 e. The summed E-state index contributed by atoms with van der Waals surface area (Å²) in [5.41, 5.74) is 7.54. The number of rotatable bonds is 2. The molecule has 1 aromatic rings. The number of hydrogen-bond acceptors (Lipinski definition) is 4. The fourth-order valence-electron chi connectivity index (χ4n) is 3.28. The lowest BCUT2D eigenvalue weighted by molar-refractivity contribution is 0.213. The van der Waals surface area contributed by atoms with Crippen LogP contribution in [0.3, 0.4) is 0 Å². The lowest BCUT2D eigenvalue weighted by atomic mass is 10.1. The van der Waals surface area contributed by atoms with Crippen LogP contribution >= 0.6 is 0 Å². The minimum absolute atomic E-state index is 0.742. The van der Waals surface area contributed by atoms with Gasteiger partial charge in [-0.05, 0) is 38.4 Å². The molecule has 2 fully saturated rings. The predicted molar refractivity (Wildman–Crippen MR) is 73.1 cm³/mol. The summed E-state index contributed by atoms with van der Waals surface area (Å²) in [5, 5.41) is 0. The zero-order valence-corrected chi connectivity index (χ0v) is 11.0. The van der Waals surface area contributed by atoms with Crippen LogP contribution in [0.2, 0.25) is 0 Å². The van der Waals surface area contributed by atoms with Crippen molar-refractivity contribution < 1.29 is 0 Å². The number of nitrogens with zero attached hydrogens (tertiary/aromatic N) is 3. The summed E-state index contributed by atoms with van der Waals surface area (Å²) in [5.74, 6) is 0. The predicted octanol–water partition coefficient (Wildman–Crippen LogP) is 1.33. The molecule has 2 N–H and O–H groups in total. The van der Waals surface area contributed by atoms with Gasteiger partial charge < -0.3 is 5.73 Å². The molecule has 2 atom stereocenters. The van der Waals surface area contributed by atoms with Crippen LogP contribution in [0.15, 0.2) is 18.3 Å². The maximum absolute atomic E-state index is 5.67. The molecule has 0 radical (unpaired) electrons. The molecule has 0 aliphatic carbocycles. The maximum Gasteiger partial charge on any atom is 0.0545 e. The molecular formula is C14H22N4. The zero-order valence-electron chi connectivity index (χ0n) is 11.0. The molecule has 98 valence electrons. The Morgan fingerprint density at radius 1 is 1.28 bits per heavy atom. The van der Waals surface area contributed by atoms with Gasteiger partial charge in [0.25, 0.3) is 0 Å². The molecule has 4 heteroatoms. The molecule has 3 heterocycles. The third kappa shape index (κ3) is 2.35. The van der Waals surface area contributed by atoms with E-state index < -0.39 is 0 Å². The van der Waals surface area contributed by atoms with E-state index in [9.17, 15) is 0 Å². The molecular weight excluding hydrogens is 224 g/mol. The van der Waals surface area contributed by atoms with Crippen LogP contribution in [0.1, 0.15) is 25.0 Å². The Balaban J connectivity index is 1.65. The summed E-state index contributed by atoms with van der Waals surface area (Å²) in [4.78, 5) is 9.52. The number of likely N-dealkylation sites (tertiary alicyclic amines) is 1. The molecule has 0 saturated carbocycles. The van der Waals surface area contributed by atoms with E-state index in [-0.39, 0.29) is 0 Å². The quantitative estimate of drug-likeness (QED) is 0.855. The SMILES string of the molecule is CN1C2CCC1CN(Cc1ccc(N)cn1)CC2. The molecule has 18 heavy (non-hydrogen) atoms. The van der Waals surface area contributed by atoms with Crippen LogP contribution in [0.4, 0.5) is 5.69 Å². The van der Waals surface area contributed by atoms with Gasteiger partial charge in [-0.2, -0.15) is 0 Å². The second-order valence-electron chi connectivity index (χ2n) is 5.66. The molecule has 0 amide bonds. The Kier molecular flexibility index (Phi) is 3.22. The van der Waals surface area contributed by atoms with Gasteiger partial charge in [0.1, 0.15) is 0 Å². The molecule has 3 rings (SSSR count). The summed E-state index contributed by atoms with van der Waals surface area (Å²) in [6, 6.07) is 5.53. The van der Waals surface area contributed by atoms with Gasteiger partial charge in [-0.1, -0.05) is 0 Å². The largest absolute Gasteiger partial charge is 0.397 e. The minimum Gasteiger partial charge on any atom is -0.397 e. The Morgan fingerprint density at radius 2 is 2.11 bits per heavy atom. The third-order valence-corrected chi connectivity index (χ3v) is 4.47. The van der Waals surface area contributed by atoms with Gasteiger partial charge in [-0.3, -0.25) is 14.8 Å². The first-order valence-corrected chi connectivity index (χ1v) is 6.87. The average Bonchev–Trinajstić information content (AvgIpc) is 2.60. The van der Waals surface area contributed by atoms with Crippen molar-refractivity contribution in [1.82, 2.24) is 14.8 Å². The second kappa shape index (κ2) is 4.86. The van der Waals surface area contributed by atoms with Crippen LogP contribution in [0.25, 0.3) is 0 Å². The maximum atomic E-state index is 5.67. The highest BCUT2D eigenvalue weighted by Crippen LogP contribution is 2.28. The van der Waals surface area contributed by atoms with E-state index in [1.165, 1.54) is 32.4 Å². The van der Waals surface area contributed by atoms with Gasteiger partial charge in [0.2, 0.25) is 0 Å². The Morgan fingerprint density at radius 3 is 2.89 bits per heavy atom. The summed E-state index contributed by atoms with van der Waals surface area (Å²) >= 11 is 0. The fraction of sp³-hybridized carbons (Fsp3) is 0.643. The number of nitrogens with two attached hydrogens (primary N) is 1. The van der Waals surface area contributed by atoms with Gasteiger partial charge in [0.05, 0.1) is 17.6 Å². The van der Waals surface area contributed by atoms with Crippen LogP contribution in [0.5, 0.6) is 0 Å². The van der Waals surface area contributed by atoms with Crippen molar-refractivity contribution in [2.45, 2.75) is 37.9 Å². The Labute approximate surface area is 109 Å². The molecule has 1 aromatic heterocycles. The van der Waals surface area contributed by atoms with E-state index in [0.29, 0.717) is 0 Å². The molecule has 4 nitrogen and oxygen atoms in total. The normalized spacial score (nSPS) is 29.4. The topological polar surface area (TPSA) is 45.4 Å². The zero-order chi connectivity index (χ0) is 12.5. The first kappa shape index (κ1) is 11.9. The van der Waals surface area contributed by atoms with E-state index >= 15 is 0 Å². The number of aromatic nitrogens is 1. The molecule has 0 spiro atoms. The molecule has 2 saturated heterocycles. The number of fused-ring (bicyclic) bond motifs is 2. The number of hydrogen-bond donors (Lipinski definition) is 1. The van der Waals surface area contributed by atoms with Gasteiger partial charge in [0.15, 0.2) is 0 Å². The monoisotopic (exact) mass is 246 g/mol. The number of likely N-dealkylation sites (N-methyl/N-ethyl adjacent to an activating group) is 1. The van der Waals surface area contributed by atoms with Crippen molar-refractivity contribution in [3.63, 3.8) is 0 Å². The van der Waals surface area contributed by atoms with Crippen molar-refractivity contribution in [2.75, 3.05) is 25.9 Å². The summed E-state index contributed by atoms with van der Waals surface area (Å²) in [6.45, 7) is 3.33. The molecule has 2 aliphatic rings.